The standard InChI is InChI=1S/C21H28N2O2/c1-16(18-8-6-5-7-9-18)22-14-17-10-12-19(13-11-17)25-15-20(24)23-21(2,3)4/h5-13,16,22H,14-15H2,1-4H3,(H,23,24)/t16-/m1/s1. The second-order valence-electron chi connectivity index (χ2n) is 7.24. The van der Waals surface area contributed by atoms with Crippen LogP contribution in [-0.2, 0) is 11.3 Å². The molecule has 2 N–H and O–H groups in total. The number of carbonyl (C=O) groups excluding carboxylic acids is 1. The van der Waals surface area contributed by atoms with Crippen molar-refractivity contribution in [3.63, 3.8) is 0 Å². The molecule has 0 saturated heterocycles. The van der Waals surface area contributed by atoms with Gasteiger partial charge >= 0.3 is 0 Å². The number of rotatable bonds is 7. The second-order valence-corrected chi connectivity index (χ2v) is 7.24. The zero-order valence-corrected chi connectivity index (χ0v) is 15.5. The maximum absolute atomic E-state index is 11.8. The van der Waals surface area contributed by atoms with E-state index >= 15 is 0 Å². The highest BCUT2D eigenvalue weighted by atomic mass is 16.5. The Labute approximate surface area is 150 Å². The summed E-state index contributed by atoms with van der Waals surface area (Å²) in [6.07, 6.45) is 0. The Bertz CT molecular complexity index is 661. The second kappa shape index (κ2) is 8.67. The molecule has 134 valence electrons. The molecule has 0 aromatic heterocycles. The Kier molecular flexibility index (Phi) is 6.59. The summed E-state index contributed by atoms with van der Waals surface area (Å²) in [7, 11) is 0. The largest absolute Gasteiger partial charge is 0.484 e. The molecule has 0 heterocycles. The van der Waals surface area contributed by atoms with Crippen LogP contribution in [0, 0.1) is 0 Å². The van der Waals surface area contributed by atoms with Gasteiger partial charge in [-0.05, 0) is 51.0 Å². The summed E-state index contributed by atoms with van der Waals surface area (Å²) in [5, 5.41) is 6.38. The number of ether oxygens (including phenoxy) is 1. The third kappa shape index (κ3) is 6.98. The van der Waals surface area contributed by atoms with Gasteiger partial charge in [0.05, 0.1) is 0 Å². The summed E-state index contributed by atoms with van der Waals surface area (Å²) < 4.78 is 5.53. The number of hydrogen-bond donors (Lipinski definition) is 2. The van der Waals surface area contributed by atoms with Gasteiger partial charge in [-0.15, -0.1) is 0 Å². The van der Waals surface area contributed by atoms with Gasteiger partial charge in [-0.1, -0.05) is 42.5 Å². The SMILES string of the molecule is C[C@@H](NCc1ccc(OCC(=O)NC(C)(C)C)cc1)c1ccccc1. The van der Waals surface area contributed by atoms with E-state index in [0.29, 0.717) is 11.8 Å². The van der Waals surface area contributed by atoms with Crippen molar-refractivity contribution in [2.45, 2.75) is 45.8 Å². The molecule has 0 saturated carbocycles. The number of carbonyl (C=O) groups is 1. The zero-order chi connectivity index (χ0) is 18.3. The summed E-state index contributed by atoms with van der Waals surface area (Å²) >= 11 is 0. The number of amides is 1. The third-order valence-electron chi connectivity index (χ3n) is 3.72. The Morgan fingerprint density at radius 1 is 1.04 bits per heavy atom. The highest BCUT2D eigenvalue weighted by Crippen LogP contribution is 2.15. The fraction of sp³-hybridized carbons (Fsp3) is 0.381. The van der Waals surface area contributed by atoms with E-state index in [1.165, 1.54) is 11.1 Å². The van der Waals surface area contributed by atoms with Crippen molar-refractivity contribution in [1.29, 1.82) is 0 Å². The Hall–Kier alpha value is -2.33. The molecule has 1 amide bonds. The first kappa shape index (κ1) is 19.0. The van der Waals surface area contributed by atoms with Gasteiger partial charge in [-0.2, -0.15) is 0 Å². The van der Waals surface area contributed by atoms with Crippen molar-refractivity contribution < 1.29 is 9.53 Å². The van der Waals surface area contributed by atoms with Gasteiger partial charge in [0, 0.05) is 18.1 Å². The minimum atomic E-state index is -0.245. The van der Waals surface area contributed by atoms with E-state index in [4.69, 9.17) is 4.74 Å². The molecule has 0 aliphatic rings. The van der Waals surface area contributed by atoms with Gasteiger partial charge < -0.3 is 15.4 Å². The molecule has 0 aliphatic carbocycles. The molecule has 0 radical (unpaired) electrons. The maximum Gasteiger partial charge on any atom is 0.258 e. The molecule has 0 unspecified atom stereocenters. The van der Waals surface area contributed by atoms with Crippen LogP contribution in [0.3, 0.4) is 0 Å². The molecule has 0 fully saturated rings. The summed E-state index contributed by atoms with van der Waals surface area (Å²) in [4.78, 5) is 11.8. The molecule has 1 atom stereocenters. The van der Waals surface area contributed by atoms with Crippen LogP contribution in [0.4, 0.5) is 0 Å². The van der Waals surface area contributed by atoms with Crippen molar-refractivity contribution in [2.24, 2.45) is 0 Å². The molecular weight excluding hydrogens is 312 g/mol. The highest BCUT2D eigenvalue weighted by molar-refractivity contribution is 5.78. The fourth-order valence-corrected chi connectivity index (χ4v) is 2.44. The monoisotopic (exact) mass is 340 g/mol. The van der Waals surface area contributed by atoms with Crippen molar-refractivity contribution in [1.82, 2.24) is 10.6 Å². The summed E-state index contributed by atoms with van der Waals surface area (Å²) in [5.41, 5.74) is 2.20. The van der Waals surface area contributed by atoms with Crippen LogP contribution in [0.15, 0.2) is 54.6 Å². The minimum Gasteiger partial charge on any atom is -0.484 e. The first-order chi connectivity index (χ1) is 11.8. The van der Waals surface area contributed by atoms with E-state index in [9.17, 15) is 4.79 Å². The number of benzene rings is 2. The van der Waals surface area contributed by atoms with Gasteiger partial charge in [0.1, 0.15) is 5.75 Å². The predicted octanol–water partition coefficient (Wildman–Crippen LogP) is 3.83. The Morgan fingerprint density at radius 2 is 1.68 bits per heavy atom. The maximum atomic E-state index is 11.8. The lowest BCUT2D eigenvalue weighted by Gasteiger charge is -2.20. The Balaban J connectivity index is 1.79. The van der Waals surface area contributed by atoms with Gasteiger partial charge in [-0.25, -0.2) is 0 Å². The summed E-state index contributed by atoms with van der Waals surface area (Å²) in [6, 6.07) is 18.5. The van der Waals surface area contributed by atoms with E-state index in [1.807, 2.05) is 51.1 Å². The molecular formula is C21H28N2O2. The average Bonchev–Trinajstić information content (AvgIpc) is 2.58. The lowest BCUT2D eigenvalue weighted by atomic mass is 10.1. The van der Waals surface area contributed by atoms with Crippen LogP contribution in [0.5, 0.6) is 5.75 Å². The van der Waals surface area contributed by atoms with E-state index < -0.39 is 0 Å². The third-order valence-corrected chi connectivity index (χ3v) is 3.72. The molecule has 25 heavy (non-hydrogen) atoms. The fourth-order valence-electron chi connectivity index (χ4n) is 2.44. The number of hydrogen-bond acceptors (Lipinski definition) is 3. The Morgan fingerprint density at radius 3 is 2.28 bits per heavy atom. The van der Waals surface area contributed by atoms with E-state index in [-0.39, 0.29) is 18.1 Å². The van der Waals surface area contributed by atoms with E-state index in [0.717, 1.165) is 6.54 Å². The van der Waals surface area contributed by atoms with Crippen LogP contribution in [0.25, 0.3) is 0 Å². The number of nitrogens with one attached hydrogen (secondary N) is 2. The average molecular weight is 340 g/mol. The van der Waals surface area contributed by atoms with E-state index in [1.54, 1.807) is 0 Å². The summed E-state index contributed by atoms with van der Waals surface area (Å²) in [5.74, 6) is 0.582. The molecule has 0 bridgehead atoms. The summed E-state index contributed by atoms with van der Waals surface area (Å²) in [6.45, 7) is 8.80. The van der Waals surface area contributed by atoms with Crippen LogP contribution in [0.2, 0.25) is 0 Å². The molecule has 4 nitrogen and oxygen atoms in total. The quantitative estimate of drug-likeness (QED) is 0.805. The first-order valence-electron chi connectivity index (χ1n) is 8.64. The smallest absolute Gasteiger partial charge is 0.258 e. The molecule has 0 spiro atoms. The predicted molar refractivity (Wildman–Crippen MR) is 102 cm³/mol. The van der Waals surface area contributed by atoms with Crippen molar-refractivity contribution in [3.05, 3.63) is 65.7 Å². The van der Waals surface area contributed by atoms with Gasteiger partial charge in [0.15, 0.2) is 6.61 Å². The highest BCUT2D eigenvalue weighted by Gasteiger charge is 2.13. The lowest BCUT2D eigenvalue weighted by Crippen LogP contribution is -2.43. The van der Waals surface area contributed by atoms with Crippen LogP contribution in [-0.4, -0.2) is 18.1 Å². The minimum absolute atomic E-state index is 0.0277. The van der Waals surface area contributed by atoms with Crippen LogP contribution >= 0.6 is 0 Å². The zero-order valence-electron chi connectivity index (χ0n) is 15.5. The normalized spacial score (nSPS) is 12.5. The molecule has 2 rings (SSSR count). The van der Waals surface area contributed by atoms with Crippen molar-refractivity contribution in [3.8, 4) is 5.75 Å². The molecule has 0 aliphatic heterocycles. The van der Waals surface area contributed by atoms with Crippen molar-refractivity contribution >= 4 is 5.91 Å². The van der Waals surface area contributed by atoms with Crippen LogP contribution in [0.1, 0.15) is 44.9 Å². The first-order valence-corrected chi connectivity index (χ1v) is 8.64. The molecule has 2 aromatic carbocycles. The molecule has 4 heteroatoms. The van der Waals surface area contributed by atoms with E-state index in [2.05, 4.69) is 41.8 Å². The van der Waals surface area contributed by atoms with Gasteiger partial charge in [0.2, 0.25) is 0 Å². The molecule has 2 aromatic rings. The van der Waals surface area contributed by atoms with Crippen LogP contribution < -0.4 is 15.4 Å². The topological polar surface area (TPSA) is 50.4 Å². The van der Waals surface area contributed by atoms with Crippen molar-refractivity contribution in [2.75, 3.05) is 6.61 Å². The van der Waals surface area contributed by atoms with Gasteiger partial charge in [-0.3, -0.25) is 4.79 Å². The lowest BCUT2D eigenvalue weighted by molar-refractivity contribution is -0.124. The van der Waals surface area contributed by atoms with Gasteiger partial charge in [0.25, 0.3) is 5.91 Å².